The molecule has 2 heterocycles. The van der Waals surface area contributed by atoms with Crippen molar-refractivity contribution in [3.05, 3.63) is 63.3 Å². The molecule has 0 bridgehead atoms. The number of hydrogen-bond acceptors (Lipinski definition) is 6. The van der Waals surface area contributed by atoms with Gasteiger partial charge in [-0.3, -0.25) is 14.2 Å². The van der Waals surface area contributed by atoms with Crippen LogP contribution in [0.15, 0.2) is 47.4 Å². The lowest BCUT2D eigenvalue weighted by Crippen LogP contribution is -2.31. The van der Waals surface area contributed by atoms with Crippen LogP contribution in [0.4, 0.5) is 5.82 Å². The zero-order valence-electron chi connectivity index (χ0n) is 14.9. The van der Waals surface area contributed by atoms with Gasteiger partial charge in [-0.1, -0.05) is 12.1 Å². The number of hydrogen-bond donors (Lipinski definition) is 3. The van der Waals surface area contributed by atoms with E-state index >= 15 is 0 Å². The molecule has 0 aliphatic carbocycles. The molecule has 3 aromatic rings. The highest BCUT2D eigenvalue weighted by atomic mass is 32.1. The number of amides is 1. The Morgan fingerprint density at radius 3 is 2.89 bits per heavy atom. The normalized spacial score (nSPS) is 10.4. The minimum Gasteiger partial charge on any atom is -0.367 e. The van der Waals surface area contributed by atoms with E-state index < -0.39 is 0 Å². The van der Waals surface area contributed by atoms with Crippen LogP contribution in [-0.4, -0.2) is 33.5 Å². The van der Waals surface area contributed by atoms with Crippen LogP contribution in [-0.2, 0) is 11.3 Å². The van der Waals surface area contributed by atoms with Gasteiger partial charge < -0.3 is 15.6 Å². The quantitative estimate of drug-likeness (QED) is 0.417. The second-order valence-electron chi connectivity index (χ2n) is 5.97. The summed E-state index contributed by atoms with van der Waals surface area (Å²) < 4.78 is 1.68. The molecule has 142 valence electrons. The van der Waals surface area contributed by atoms with Gasteiger partial charge in [0.1, 0.15) is 11.9 Å². The highest BCUT2D eigenvalue weighted by molar-refractivity contribution is 7.71. The van der Waals surface area contributed by atoms with Crippen LogP contribution >= 0.6 is 12.2 Å². The van der Waals surface area contributed by atoms with E-state index in [1.807, 2.05) is 12.1 Å². The summed E-state index contributed by atoms with van der Waals surface area (Å²) in [4.78, 5) is 31.7. The summed E-state index contributed by atoms with van der Waals surface area (Å²) in [6.45, 7) is 0.976. The number of pyridine rings is 1. The molecule has 0 aliphatic heterocycles. The van der Waals surface area contributed by atoms with E-state index in [-0.39, 0.29) is 29.2 Å². The van der Waals surface area contributed by atoms with Crippen molar-refractivity contribution in [1.29, 1.82) is 5.26 Å². The number of fused-ring (bicyclic) bond motifs is 1. The number of rotatable bonds is 7. The van der Waals surface area contributed by atoms with Gasteiger partial charge in [0.15, 0.2) is 4.77 Å². The number of aromatic amines is 1. The maximum absolute atomic E-state index is 12.5. The van der Waals surface area contributed by atoms with E-state index in [0.717, 1.165) is 0 Å². The molecule has 1 amide bonds. The summed E-state index contributed by atoms with van der Waals surface area (Å²) in [5, 5.41) is 15.3. The van der Waals surface area contributed by atoms with Crippen LogP contribution in [0.25, 0.3) is 10.9 Å². The van der Waals surface area contributed by atoms with Gasteiger partial charge in [0, 0.05) is 32.3 Å². The topological polar surface area (TPSA) is 116 Å². The number of carbonyl (C=O) groups excluding carboxylic acids is 1. The lowest BCUT2D eigenvalue weighted by molar-refractivity contribution is -0.121. The summed E-state index contributed by atoms with van der Waals surface area (Å²) >= 11 is 5.24. The predicted octanol–water partition coefficient (Wildman–Crippen LogP) is 1.94. The molecule has 0 saturated heterocycles. The molecule has 28 heavy (non-hydrogen) atoms. The van der Waals surface area contributed by atoms with Gasteiger partial charge in [-0.05, 0) is 36.5 Å². The first-order valence-electron chi connectivity index (χ1n) is 8.67. The molecule has 3 N–H and O–H groups in total. The van der Waals surface area contributed by atoms with Crippen molar-refractivity contribution in [3.63, 3.8) is 0 Å². The minimum absolute atomic E-state index is 0.128. The van der Waals surface area contributed by atoms with Crippen LogP contribution in [0.3, 0.4) is 0 Å². The fraction of sp³-hybridized carbons (Fsp3) is 0.211. The SMILES string of the molecule is N#Cc1cccnc1NCCNC(=O)CCn1c(=S)[nH]c2ccccc2c1=O. The maximum atomic E-state index is 12.5. The van der Waals surface area contributed by atoms with Crippen molar-refractivity contribution >= 4 is 34.8 Å². The van der Waals surface area contributed by atoms with Crippen LogP contribution < -0.4 is 16.2 Å². The van der Waals surface area contributed by atoms with Crippen molar-refractivity contribution in [1.82, 2.24) is 19.9 Å². The monoisotopic (exact) mass is 394 g/mol. The summed E-state index contributed by atoms with van der Waals surface area (Å²) in [6, 6.07) is 12.5. The molecule has 0 aliphatic rings. The molecule has 1 aromatic carbocycles. The molecule has 0 unspecified atom stereocenters. The summed E-state index contributed by atoms with van der Waals surface area (Å²) in [7, 11) is 0. The zero-order chi connectivity index (χ0) is 19.9. The lowest BCUT2D eigenvalue weighted by atomic mass is 10.2. The average molecular weight is 394 g/mol. The summed E-state index contributed by atoms with van der Waals surface area (Å²) in [5.41, 5.74) is 0.905. The van der Waals surface area contributed by atoms with Gasteiger partial charge in [-0.25, -0.2) is 4.98 Å². The van der Waals surface area contributed by atoms with Crippen molar-refractivity contribution in [3.8, 4) is 6.07 Å². The van der Waals surface area contributed by atoms with Crippen molar-refractivity contribution in [2.24, 2.45) is 0 Å². The third-order valence-electron chi connectivity index (χ3n) is 4.12. The Balaban J connectivity index is 1.52. The van der Waals surface area contributed by atoms with Crippen LogP contribution in [0, 0.1) is 16.1 Å². The molecule has 9 heteroatoms. The minimum atomic E-state index is -0.215. The smallest absolute Gasteiger partial charge is 0.262 e. The number of carbonyl (C=O) groups is 1. The number of H-pyrrole nitrogens is 1. The zero-order valence-corrected chi connectivity index (χ0v) is 15.8. The van der Waals surface area contributed by atoms with E-state index in [4.69, 9.17) is 17.5 Å². The standard InChI is InChI=1S/C19H18N6O2S/c20-12-13-4-3-8-22-17(13)23-10-9-21-16(26)7-11-25-18(27)14-5-1-2-6-15(14)24-19(25)28/h1-6,8H,7,9-11H2,(H,21,26)(H,22,23)(H,24,28). The third-order valence-corrected chi connectivity index (χ3v) is 4.44. The van der Waals surface area contributed by atoms with E-state index in [0.29, 0.717) is 35.4 Å². The largest absolute Gasteiger partial charge is 0.367 e. The summed E-state index contributed by atoms with van der Waals surface area (Å²) in [5.74, 6) is 0.283. The van der Waals surface area contributed by atoms with E-state index in [1.54, 1.807) is 36.5 Å². The molecular formula is C19H18N6O2S. The molecular weight excluding hydrogens is 376 g/mol. The van der Waals surface area contributed by atoms with E-state index in [9.17, 15) is 9.59 Å². The predicted molar refractivity (Wildman–Crippen MR) is 108 cm³/mol. The average Bonchev–Trinajstić information content (AvgIpc) is 2.71. The molecule has 0 fully saturated rings. The number of aromatic nitrogens is 3. The third kappa shape index (κ3) is 4.42. The molecule has 8 nitrogen and oxygen atoms in total. The Kier molecular flexibility index (Phi) is 6.14. The maximum Gasteiger partial charge on any atom is 0.262 e. The lowest BCUT2D eigenvalue weighted by Gasteiger charge is -2.10. The highest BCUT2D eigenvalue weighted by Gasteiger charge is 2.08. The van der Waals surface area contributed by atoms with Crippen molar-refractivity contribution < 1.29 is 4.79 Å². The Labute approximate surface area is 165 Å². The fourth-order valence-electron chi connectivity index (χ4n) is 2.72. The Morgan fingerprint density at radius 1 is 1.25 bits per heavy atom. The molecule has 0 radical (unpaired) electrons. The molecule has 2 aromatic heterocycles. The number of nitriles is 1. The Morgan fingerprint density at radius 2 is 2.07 bits per heavy atom. The first kappa shape index (κ1) is 19.3. The van der Waals surface area contributed by atoms with Crippen molar-refractivity contribution in [2.75, 3.05) is 18.4 Å². The van der Waals surface area contributed by atoms with Gasteiger partial charge in [0.25, 0.3) is 5.56 Å². The fourth-order valence-corrected chi connectivity index (χ4v) is 3.01. The number of para-hydroxylation sites is 1. The van der Waals surface area contributed by atoms with Crippen LogP contribution in [0.1, 0.15) is 12.0 Å². The molecule has 3 rings (SSSR count). The molecule has 0 spiro atoms. The second kappa shape index (κ2) is 8.92. The summed E-state index contributed by atoms with van der Waals surface area (Å²) in [6.07, 6.45) is 1.72. The highest BCUT2D eigenvalue weighted by Crippen LogP contribution is 2.08. The molecule has 0 atom stereocenters. The van der Waals surface area contributed by atoms with Crippen molar-refractivity contribution in [2.45, 2.75) is 13.0 Å². The van der Waals surface area contributed by atoms with Gasteiger partial charge in [0.2, 0.25) is 5.91 Å². The Hall–Kier alpha value is -3.51. The van der Waals surface area contributed by atoms with E-state index in [2.05, 4.69) is 20.6 Å². The van der Waals surface area contributed by atoms with Gasteiger partial charge >= 0.3 is 0 Å². The second-order valence-corrected chi connectivity index (χ2v) is 6.36. The first-order valence-corrected chi connectivity index (χ1v) is 9.08. The number of nitrogens with one attached hydrogen (secondary N) is 3. The number of nitrogens with zero attached hydrogens (tertiary/aromatic N) is 3. The van der Waals surface area contributed by atoms with Gasteiger partial charge in [-0.2, -0.15) is 5.26 Å². The van der Waals surface area contributed by atoms with Crippen LogP contribution in [0.2, 0.25) is 0 Å². The number of benzene rings is 1. The van der Waals surface area contributed by atoms with E-state index in [1.165, 1.54) is 4.57 Å². The van der Waals surface area contributed by atoms with Gasteiger partial charge in [0.05, 0.1) is 16.5 Å². The van der Waals surface area contributed by atoms with Crippen LogP contribution in [0.5, 0.6) is 0 Å². The molecule has 0 saturated carbocycles. The number of anilines is 1. The van der Waals surface area contributed by atoms with Gasteiger partial charge in [-0.15, -0.1) is 0 Å². The Bertz CT molecular complexity index is 1160. The first-order chi connectivity index (χ1) is 13.6.